The number of aliphatic imine (C=N–C) groups is 1. The number of para-hydroxylation sites is 1. The number of fused-ring (bicyclic) bond motifs is 2. The molecule has 0 fully saturated rings. The molecule has 0 amide bonds. The largest absolute Gasteiger partial charge is 0.308 e. The average Bonchev–Trinajstić information content (AvgIpc) is 3.04. The second kappa shape index (κ2) is 9.45. The molecule has 2 unspecified atom stereocenters. The van der Waals surface area contributed by atoms with Crippen LogP contribution in [0.1, 0.15) is 5.56 Å². The van der Waals surface area contributed by atoms with Gasteiger partial charge in [-0.1, -0.05) is 72.9 Å². The van der Waals surface area contributed by atoms with Gasteiger partial charge in [0.05, 0.1) is 5.69 Å². The van der Waals surface area contributed by atoms with Crippen molar-refractivity contribution < 1.29 is 13.2 Å². The van der Waals surface area contributed by atoms with Crippen molar-refractivity contribution in [3.05, 3.63) is 178 Å². The lowest BCUT2D eigenvalue weighted by molar-refractivity contribution is 0.448. The quantitative estimate of drug-likeness (QED) is 0.295. The molecule has 0 N–H and O–H groups in total. The molecule has 8 rings (SSSR count). The molecule has 42 heavy (non-hydrogen) atoms. The van der Waals surface area contributed by atoms with Gasteiger partial charge in [0.15, 0.2) is 17.5 Å². The summed E-state index contributed by atoms with van der Waals surface area (Å²) in [5.41, 5.74) is 10.8. The Morgan fingerprint density at radius 1 is 0.690 bits per heavy atom. The molecule has 5 aliphatic rings. The maximum absolute atomic E-state index is 15.0. The van der Waals surface area contributed by atoms with Crippen LogP contribution in [0, 0.1) is 23.4 Å². The zero-order valence-electron chi connectivity index (χ0n) is 22.3. The molecule has 2 nitrogen and oxygen atoms in total. The normalized spacial score (nSPS) is 21.1. The summed E-state index contributed by atoms with van der Waals surface area (Å²) in [5, 5.41) is 0. The number of allylic oxidation sites excluding steroid dienone is 12. The van der Waals surface area contributed by atoms with Gasteiger partial charge in [0.25, 0.3) is 0 Å². The van der Waals surface area contributed by atoms with Crippen molar-refractivity contribution in [1.82, 2.24) is 0 Å². The Hall–Kier alpha value is -5.16. The molecule has 4 aliphatic carbocycles. The van der Waals surface area contributed by atoms with E-state index < -0.39 is 17.5 Å². The first-order chi connectivity index (χ1) is 20.6. The molecule has 0 saturated heterocycles. The summed E-state index contributed by atoms with van der Waals surface area (Å²) in [6.07, 6.45) is 21.4. The first-order valence-electron chi connectivity index (χ1n) is 13.9. The van der Waals surface area contributed by atoms with Crippen LogP contribution in [0.5, 0.6) is 0 Å². The third-order valence-corrected chi connectivity index (χ3v) is 8.46. The van der Waals surface area contributed by atoms with Gasteiger partial charge in [0, 0.05) is 23.5 Å². The molecule has 3 aromatic carbocycles. The molecule has 0 spiro atoms. The number of rotatable bonds is 4. The van der Waals surface area contributed by atoms with Crippen molar-refractivity contribution in [1.29, 1.82) is 0 Å². The van der Waals surface area contributed by atoms with Crippen molar-refractivity contribution in [2.24, 2.45) is 10.9 Å². The van der Waals surface area contributed by atoms with E-state index in [1.165, 1.54) is 39.5 Å². The second-order valence-electron chi connectivity index (χ2n) is 10.7. The van der Waals surface area contributed by atoms with Crippen molar-refractivity contribution >= 4 is 28.8 Å². The molecule has 1 heterocycles. The smallest absolute Gasteiger partial charge is 0.196 e. The Morgan fingerprint density at radius 3 is 2.33 bits per heavy atom. The van der Waals surface area contributed by atoms with Crippen LogP contribution in [0.2, 0.25) is 0 Å². The SMILES string of the molecule is Fc1ccc(N(c2ccccc2)c2ccc(C3=C4C=CC5=C6C(=CC=C(C=C3)C46)C3N=CC=CC3=C5)cc2)c(F)c1F. The van der Waals surface area contributed by atoms with Crippen LogP contribution in [0.3, 0.4) is 0 Å². The number of nitrogens with zero attached hydrogens (tertiary/aromatic N) is 2. The summed E-state index contributed by atoms with van der Waals surface area (Å²) in [6.45, 7) is 0. The van der Waals surface area contributed by atoms with E-state index in [0.29, 0.717) is 11.4 Å². The van der Waals surface area contributed by atoms with Gasteiger partial charge in [-0.25, -0.2) is 13.2 Å². The molecular formula is C37H23F3N2. The van der Waals surface area contributed by atoms with Crippen molar-refractivity contribution in [2.75, 3.05) is 4.90 Å². The highest BCUT2D eigenvalue weighted by Gasteiger charge is 2.38. The third-order valence-electron chi connectivity index (χ3n) is 8.46. The monoisotopic (exact) mass is 552 g/mol. The van der Waals surface area contributed by atoms with Gasteiger partial charge in [-0.2, -0.15) is 0 Å². The van der Waals surface area contributed by atoms with Gasteiger partial charge < -0.3 is 4.90 Å². The maximum Gasteiger partial charge on any atom is 0.196 e. The zero-order valence-corrected chi connectivity index (χ0v) is 22.3. The predicted octanol–water partition coefficient (Wildman–Crippen LogP) is 9.20. The Morgan fingerprint density at radius 2 is 1.50 bits per heavy atom. The minimum atomic E-state index is -1.49. The minimum absolute atomic E-state index is 0.0219. The highest BCUT2D eigenvalue weighted by molar-refractivity contribution is 5.88. The van der Waals surface area contributed by atoms with E-state index in [0.717, 1.165) is 17.2 Å². The molecule has 1 aliphatic heterocycles. The highest BCUT2D eigenvalue weighted by Crippen LogP contribution is 2.51. The summed E-state index contributed by atoms with van der Waals surface area (Å²) in [6, 6.07) is 19.1. The van der Waals surface area contributed by atoms with Gasteiger partial charge in [0.2, 0.25) is 0 Å². The molecular weight excluding hydrogens is 529 g/mol. The molecule has 0 saturated carbocycles. The van der Waals surface area contributed by atoms with Gasteiger partial charge >= 0.3 is 0 Å². The molecule has 0 aromatic heterocycles. The van der Waals surface area contributed by atoms with E-state index in [-0.39, 0.29) is 17.6 Å². The van der Waals surface area contributed by atoms with Gasteiger partial charge in [0.1, 0.15) is 6.04 Å². The van der Waals surface area contributed by atoms with E-state index >= 15 is 4.39 Å². The molecule has 202 valence electrons. The van der Waals surface area contributed by atoms with Gasteiger partial charge in [-0.05, 0) is 93.1 Å². The number of anilines is 3. The Kier molecular flexibility index (Phi) is 5.54. The van der Waals surface area contributed by atoms with E-state index in [9.17, 15) is 8.78 Å². The van der Waals surface area contributed by atoms with Gasteiger partial charge in [-0.3, -0.25) is 4.99 Å². The van der Waals surface area contributed by atoms with Crippen molar-refractivity contribution in [2.45, 2.75) is 6.04 Å². The average molecular weight is 553 g/mol. The lowest BCUT2D eigenvalue weighted by Gasteiger charge is -2.39. The number of hydrogen-bond acceptors (Lipinski definition) is 2. The Labute approximate surface area is 241 Å². The van der Waals surface area contributed by atoms with E-state index in [2.05, 4.69) is 48.6 Å². The summed E-state index contributed by atoms with van der Waals surface area (Å²) < 4.78 is 43.1. The number of hydrogen-bond donors (Lipinski definition) is 0. The Balaban J connectivity index is 1.21. The van der Waals surface area contributed by atoms with Gasteiger partial charge in [-0.15, -0.1) is 0 Å². The molecule has 0 radical (unpaired) electrons. The lowest BCUT2D eigenvalue weighted by Crippen LogP contribution is -2.29. The topological polar surface area (TPSA) is 15.6 Å². The Bertz CT molecular complexity index is 1950. The fourth-order valence-corrected chi connectivity index (χ4v) is 6.56. The zero-order chi connectivity index (χ0) is 28.4. The first kappa shape index (κ1) is 24.6. The van der Waals surface area contributed by atoms with Crippen LogP contribution in [-0.2, 0) is 0 Å². The summed E-state index contributed by atoms with van der Waals surface area (Å²) in [7, 11) is 0. The highest BCUT2D eigenvalue weighted by atomic mass is 19.2. The van der Waals surface area contributed by atoms with Crippen LogP contribution >= 0.6 is 0 Å². The van der Waals surface area contributed by atoms with Crippen LogP contribution in [0.15, 0.2) is 160 Å². The summed E-state index contributed by atoms with van der Waals surface area (Å²) in [5.74, 6) is -3.82. The third kappa shape index (κ3) is 3.70. The predicted molar refractivity (Wildman–Crippen MR) is 162 cm³/mol. The second-order valence-corrected chi connectivity index (χ2v) is 10.7. The molecule has 2 atom stereocenters. The lowest BCUT2D eigenvalue weighted by atomic mass is 9.65. The van der Waals surface area contributed by atoms with E-state index in [1.807, 2.05) is 54.8 Å². The van der Waals surface area contributed by atoms with E-state index in [4.69, 9.17) is 4.99 Å². The molecule has 3 aromatic rings. The standard InChI is InChI=1S/C37H23F3N2/c38-31-18-19-32(36(40)35(31)39)42(26-6-2-1-3-7-26)27-13-8-22(9-14-27)28-15-10-23-11-17-30-34-24(12-16-29(28)33(23)34)21-25-5-4-20-41-37(25)30/h1-21,33,37H. The number of halogens is 3. The minimum Gasteiger partial charge on any atom is -0.308 e. The number of dihydropyridines is 1. The summed E-state index contributed by atoms with van der Waals surface area (Å²) >= 11 is 0. The summed E-state index contributed by atoms with van der Waals surface area (Å²) in [4.78, 5) is 6.38. The van der Waals surface area contributed by atoms with Crippen LogP contribution in [0.4, 0.5) is 30.2 Å². The number of benzene rings is 3. The fraction of sp³-hybridized carbons (Fsp3) is 0.0541. The van der Waals surface area contributed by atoms with Crippen LogP contribution < -0.4 is 4.90 Å². The van der Waals surface area contributed by atoms with E-state index in [1.54, 1.807) is 17.0 Å². The molecule has 5 heteroatoms. The van der Waals surface area contributed by atoms with Crippen LogP contribution in [0.25, 0.3) is 5.57 Å². The first-order valence-corrected chi connectivity index (χ1v) is 13.9. The van der Waals surface area contributed by atoms with Crippen molar-refractivity contribution in [3.8, 4) is 0 Å². The fourth-order valence-electron chi connectivity index (χ4n) is 6.56. The van der Waals surface area contributed by atoms with Crippen molar-refractivity contribution in [3.63, 3.8) is 0 Å². The maximum atomic E-state index is 15.0. The van der Waals surface area contributed by atoms with Crippen LogP contribution in [-0.4, -0.2) is 12.3 Å². The molecule has 0 bridgehead atoms.